The second-order valence-electron chi connectivity index (χ2n) is 39.0. The summed E-state index contributed by atoms with van der Waals surface area (Å²) in [7, 11) is -3.63. The maximum Gasteiger partial charge on any atom is 0.252 e. The Balaban J connectivity index is 0.000000140. The second kappa shape index (κ2) is 35.1. The van der Waals surface area contributed by atoms with Crippen LogP contribution in [0.5, 0.6) is 0 Å². The van der Waals surface area contributed by atoms with E-state index in [4.69, 9.17) is 11.8 Å². The van der Waals surface area contributed by atoms with Crippen LogP contribution in [0.1, 0.15) is 0 Å². The summed E-state index contributed by atoms with van der Waals surface area (Å²) < 4.78 is 17.5. The average Bonchev–Trinajstić information content (AvgIpc) is 0.706. The molecule has 148 heavy (non-hydrogen) atoms. The molecular formula is C132H90B4N8OP2S. The van der Waals surface area contributed by atoms with Gasteiger partial charge in [-0.25, -0.2) is 0 Å². The van der Waals surface area contributed by atoms with Crippen molar-refractivity contribution in [2.75, 3.05) is 39.2 Å². The van der Waals surface area contributed by atoms with Gasteiger partial charge in [-0.2, -0.15) is 0 Å². The number of anilines is 24. The van der Waals surface area contributed by atoms with Crippen LogP contribution in [0.4, 0.5) is 136 Å². The molecule has 0 unspecified atom stereocenters. The first-order valence-corrected chi connectivity index (χ1v) is 55.4. The van der Waals surface area contributed by atoms with E-state index in [9.17, 15) is 0 Å². The van der Waals surface area contributed by atoms with Gasteiger partial charge in [0.25, 0.3) is 26.9 Å². The molecule has 9 nitrogen and oxygen atoms in total. The van der Waals surface area contributed by atoms with Crippen molar-refractivity contribution in [2.45, 2.75) is 0 Å². The van der Waals surface area contributed by atoms with E-state index >= 15 is 4.57 Å². The van der Waals surface area contributed by atoms with Crippen molar-refractivity contribution in [2.24, 2.45) is 0 Å². The Morgan fingerprint density at radius 2 is 0.304 bits per heavy atom. The van der Waals surface area contributed by atoms with Crippen molar-refractivity contribution >= 4 is 286 Å². The molecule has 8 aliphatic heterocycles. The summed E-state index contributed by atoms with van der Waals surface area (Å²) in [4.78, 5) is 19.5. The predicted octanol–water partition coefficient (Wildman–Crippen LogP) is 23.1. The van der Waals surface area contributed by atoms with Gasteiger partial charge in [0.05, 0.1) is 0 Å². The summed E-state index contributed by atoms with van der Waals surface area (Å²) in [5, 5.41) is 5.91. The first-order valence-electron chi connectivity index (χ1n) is 50.9. The van der Waals surface area contributed by atoms with Crippen molar-refractivity contribution in [3.05, 3.63) is 546 Å². The topological polar surface area (TPSA) is 43.0 Å². The predicted molar refractivity (Wildman–Crippen MR) is 634 cm³/mol. The largest absolute Gasteiger partial charge is 0.311 e. The molecule has 0 amide bonds. The van der Waals surface area contributed by atoms with Gasteiger partial charge in [-0.3, -0.25) is 0 Å². The van der Waals surface area contributed by atoms with Gasteiger partial charge < -0.3 is 43.8 Å². The van der Waals surface area contributed by atoms with Gasteiger partial charge in [0, 0.05) is 158 Å². The first-order chi connectivity index (χ1) is 73.3. The molecule has 0 bridgehead atoms. The van der Waals surface area contributed by atoms with Crippen LogP contribution in [0, 0.1) is 0 Å². The van der Waals surface area contributed by atoms with E-state index in [1.807, 2.05) is 18.2 Å². The van der Waals surface area contributed by atoms with Crippen LogP contribution < -0.4 is 137 Å². The summed E-state index contributed by atoms with van der Waals surface area (Å²) in [6.45, 7) is -0.368. The van der Waals surface area contributed by atoms with Crippen LogP contribution in [-0.2, 0) is 16.4 Å². The highest BCUT2D eigenvalue weighted by Crippen LogP contribution is 2.54. The highest BCUT2D eigenvalue weighted by atomic mass is 32.4. The third-order valence-electron chi connectivity index (χ3n) is 31.3. The Hall–Kier alpha value is -17.6. The molecule has 22 aromatic rings. The van der Waals surface area contributed by atoms with Crippen molar-refractivity contribution in [1.82, 2.24) is 0 Å². The minimum absolute atomic E-state index is 0.0457. The van der Waals surface area contributed by atoms with Crippen molar-refractivity contribution < 1.29 is 4.57 Å². The Kier molecular flexibility index (Phi) is 20.7. The summed E-state index contributed by atoms with van der Waals surface area (Å²) in [6, 6.07) is 195. The number of rotatable bonds is 14. The van der Waals surface area contributed by atoms with Crippen LogP contribution in [0.3, 0.4) is 0 Å². The number of nitrogens with zero attached hydrogens (tertiary/aromatic N) is 8. The highest BCUT2D eigenvalue weighted by Gasteiger charge is 2.51. The molecule has 0 aromatic heterocycles. The minimum Gasteiger partial charge on any atom is -0.311 e. The lowest BCUT2D eigenvalue weighted by Gasteiger charge is -2.44. The van der Waals surface area contributed by atoms with E-state index in [1.54, 1.807) is 0 Å². The van der Waals surface area contributed by atoms with Gasteiger partial charge in [-0.05, 0) is 288 Å². The molecule has 0 aliphatic carbocycles. The molecule has 0 saturated carbocycles. The lowest BCUT2D eigenvalue weighted by Crippen LogP contribution is -2.62. The molecular weight excluding hydrogens is 1850 g/mol. The SMILES string of the molecule is O=P(c1ccccc1)(c1ccc2c(c1)B1c3ccccc3N(c3ccccc3)c3cccc(c31)N2c1ccccc1)c1ccc2c(c1)B1c3ccccc3N(c3ccccc3)c3cccc(c31)N2c1ccccc1.S=P(c1ccccc1)(c1ccc2c(c1)B1c3ccccc3N(c3ccccc3)c3cccc(c31)N2c1ccccc1)c1ccc2c(c1)B1c3ccccc3N(c3ccccc3)c3cccc(c31)N2c1ccccc1. The van der Waals surface area contributed by atoms with Crippen molar-refractivity contribution in [3.63, 3.8) is 0 Å². The van der Waals surface area contributed by atoms with Crippen LogP contribution in [-0.4, -0.2) is 26.9 Å². The summed E-state index contributed by atoms with van der Waals surface area (Å²) in [5.74, 6) is 0. The molecule has 30 rings (SSSR count). The van der Waals surface area contributed by atoms with Gasteiger partial charge in [0.1, 0.15) is 0 Å². The fourth-order valence-electron chi connectivity index (χ4n) is 25.3. The molecule has 0 saturated heterocycles. The quantitative estimate of drug-likeness (QED) is 0.0777. The average molecular weight is 1940 g/mol. The smallest absolute Gasteiger partial charge is 0.252 e. The zero-order valence-electron chi connectivity index (χ0n) is 80.6. The monoisotopic (exact) mass is 1940 g/mol. The van der Waals surface area contributed by atoms with Crippen LogP contribution in [0.15, 0.2) is 546 Å². The van der Waals surface area contributed by atoms with Gasteiger partial charge in [0.15, 0.2) is 7.14 Å². The van der Waals surface area contributed by atoms with E-state index in [-0.39, 0.29) is 26.9 Å². The maximum atomic E-state index is 17.5. The normalized spacial score (nSPS) is 13.6. The summed E-state index contributed by atoms with van der Waals surface area (Å²) >= 11 is 7.53. The number of benzene rings is 22. The Morgan fingerprint density at radius 3 is 0.520 bits per heavy atom. The van der Waals surface area contributed by atoms with E-state index in [1.165, 1.54) is 116 Å². The van der Waals surface area contributed by atoms with Crippen LogP contribution in [0.25, 0.3) is 0 Å². The van der Waals surface area contributed by atoms with Crippen molar-refractivity contribution in [1.29, 1.82) is 0 Å². The van der Waals surface area contributed by atoms with Gasteiger partial charge in [-0.1, -0.05) is 352 Å². The molecule has 0 atom stereocenters. The molecule has 0 N–H and O–H groups in total. The highest BCUT2D eigenvalue weighted by molar-refractivity contribution is 8.25. The van der Waals surface area contributed by atoms with Gasteiger partial charge in [-0.15, -0.1) is 0 Å². The fourth-order valence-corrected chi connectivity index (χ4v) is 31.7. The Bertz CT molecular complexity index is 8090. The fraction of sp³-hybridized carbons (Fsp3) is 0. The molecule has 8 heterocycles. The lowest BCUT2D eigenvalue weighted by molar-refractivity contribution is 0.592. The third-order valence-corrected chi connectivity index (χ3v) is 39.3. The summed E-state index contributed by atoms with van der Waals surface area (Å²) in [5.41, 5.74) is 42.1. The van der Waals surface area contributed by atoms with Crippen LogP contribution in [0.2, 0.25) is 0 Å². The molecule has 0 spiro atoms. The third kappa shape index (κ3) is 13.4. The van der Waals surface area contributed by atoms with E-state index in [2.05, 4.69) is 567 Å². The first kappa shape index (κ1) is 87.0. The Labute approximate surface area is 868 Å². The molecule has 0 radical (unpaired) electrons. The zero-order valence-corrected chi connectivity index (χ0v) is 83.2. The molecule has 0 fully saturated rings. The maximum absolute atomic E-state index is 17.5. The molecule has 16 heteroatoms. The minimum atomic E-state index is -3.63. The van der Waals surface area contributed by atoms with Crippen LogP contribution >= 0.6 is 13.2 Å². The summed E-state index contributed by atoms with van der Waals surface area (Å²) in [6.07, 6.45) is 0. The zero-order chi connectivity index (χ0) is 97.8. The second-order valence-corrected chi connectivity index (χ2v) is 46.2. The van der Waals surface area contributed by atoms with E-state index in [0.717, 1.165) is 118 Å². The standard InChI is InChI=1S/C66H45B2N4OP.C66H45B2N4PS/c73-74(50-30-14-5-15-31-50,51-40-42-59-55(44-51)67-53-32-16-18-34-57(53)69(46-22-6-1-7-23-46)61-36-20-38-63(65(61)67)71(59)48-26-10-3-11-27-48)52-41-43-60-56(45-52)68-54-33-17-19-35-58(54)70(47-24-8-2-9-25-47)62-37-21-39-64(66(62)68)72(60)49-28-12-4-13-29-49;74-73(50-30-14-5-15-31-50,51-40-42-59-55(44-51)67-53-32-16-18-34-57(53)69(46-22-6-1-7-23-46)61-36-20-38-63(65(61)67)71(59)48-26-10-3-11-27-48)52-41-43-60-56(45-52)68-54-33-17-19-35-58(54)70(47-24-8-2-9-25-47)62-37-21-39-64(66(62)68)72(60)49-28-12-4-13-29-49/h2*1-45H. The van der Waals surface area contributed by atoms with Gasteiger partial charge >= 0.3 is 0 Å². The van der Waals surface area contributed by atoms with E-state index in [0.29, 0.717) is 0 Å². The molecule has 8 aliphatic rings. The molecule has 692 valence electrons. The number of hydrogen-bond acceptors (Lipinski definition) is 10. The van der Waals surface area contributed by atoms with Gasteiger partial charge in [0.2, 0.25) is 0 Å². The number of hydrogen-bond donors (Lipinski definition) is 0. The number of fused-ring (bicyclic) bond motifs is 16. The number of para-hydroxylation sites is 12. The molecule has 22 aromatic carbocycles. The van der Waals surface area contributed by atoms with Crippen molar-refractivity contribution in [3.8, 4) is 0 Å². The van der Waals surface area contributed by atoms with E-state index < -0.39 is 13.2 Å². The Morgan fingerprint density at radius 1 is 0.142 bits per heavy atom. The lowest BCUT2D eigenvalue weighted by atomic mass is 9.33.